The number of phenolic OH excluding ortho intramolecular Hbond substituents is 3. The maximum atomic E-state index is 11.2. The molecule has 3 nitrogen and oxygen atoms in total. The predicted molar refractivity (Wildman–Crippen MR) is 245 cm³/mol. The Morgan fingerprint density at radius 1 is 0.333 bits per heavy atom. The highest BCUT2D eigenvalue weighted by Gasteiger charge is 2.41. The Labute approximate surface area is 348 Å². The van der Waals surface area contributed by atoms with Crippen molar-refractivity contribution in [2.45, 2.75) is 179 Å². The van der Waals surface area contributed by atoms with E-state index < -0.39 is 0 Å². The van der Waals surface area contributed by atoms with E-state index in [0.29, 0.717) is 17.2 Å². The zero-order valence-electron chi connectivity index (χ0n) is 39.8. The molecule has 4 aromatic carbocycles. The fraction of sp³-hybridized carbons (Fsp3) is 0.556. The molecule has 4 aromatic rings. The smallest absolute Gasteiger partial charge is 0.119 e. The van der Waals surface area contributed by atoms with Gasteiger partial charge in [0.1, 0.15) is 17.2 Å². The molecule has 57 heavy (non-hydrogen) atoms. The van der Waals surface area contributed by atoms with E-state index in [0.717, 1.165) is 16.7 Å². The number of phenols is 3. The number of benzene rings is 4. The predicted octanol–water partition coefficient (Wildman–Crippen LogP) is 15.2. The molecule has 0 aliphatic heterocycles. The van der Waals surface area contributed by atoms with Gasteiger partial charge in [-0.2, -0.15) is 0 Å². The second kappa shape index (κ2) is 15.1. The van der Waals surface area contributed by atoms with Crippen molar-refractivity contribution in [3.63, 3.8) is 0 Å². The van der Waals surface area contributed by atoms with Crippen LogP contribution >= 0.6 is 0 Å². The molecule has 0 aliphatic carbocycles. The molecule has 0 heterocycles. The topological polar surface area (TPSA) is 60.7 Å². The fourth-order valence-corrected chi connectivity index (χ4v) is 9.88. The van der Waals surface area contributed by atoms with Crippen molar-refractivity contribution < 1.29 is 15.3 Å². The number of rotatable bonds is 6. The largest absolute Gasteiger partial charge is 0.508 e. The molecule has 0 aliphatic rings. The third-order valence-corrected chi connectivity index (χ3v) is 12.4. The van der Waals surface area contributed by atoms with Gasteiger partial charge in [-0.25, -0.2) is 0 Å². The lowest BCUT2D eigenvalue weighted by molar-refractivity contribution is 0.339. The quantitative estimate of drug-likeness (QED) is 0.183. The Morgan fingerprint density at radius 2 is 0.526 bits per heavy atom. The van der Waals surface area contributed by atoms with Crippen LogP contribution in [0.1, 0.15) is 209 Å². The van der Waals surface area contributed by atoms with Crippen molar-refractivity contribution in [2.24, 2.45) is 16.2 Å². The second-order valence-electron chi connectivity index (χ2n) is 23.6. The average Bonchev–Trinajstić information content (AvgIpc) is 3.01. The van der Waals surface area contributed by atoms with Gasteiger partial charge in [0.2, 0.25) is 0 Å². The number of hydrogen-bond acceptors (Lipinski definition) is 3. The van der Waals surface area contributed by atoms with Crippen LogP contribution in [0, 0.1) is 37.0 Å². The molecule has 0 aromatic heterocycles. The Balaban J connectivity index is 2.34. The Morgan fingerprint density at radius 3 is 0.684 bits per heavy atom. The van der Waals surface area contributed by atoms with Crippen LogP contribution in [0.15, 0.2) is 54.6 Å². The molecule has 312 valence electrons. The summed E-state index contributed by atoms with van der Waals surface area (Å²) in [5, 5.41) is 33.6. The zero-order chi connectivity index (χ0) is 43.8. The van der Waals surface area contributed by atoms with Gasteiger partial charge in [0.15, 0.2) is 0 Å². The molecular weight excluding hydrogens is 697 g/mol. The Hall–Kier alpha value is -3.72. The van der Waals surface area contributed by atoms with E-state index >= 15 is 0 Å². The van der Waals surface area contributed by atoms with Crippen molar-refractivity contribution in [2.75, 3.05) is 0 Å². The monoisotopic (exact) mass is 775 g/mol. The van der Waals surface area contributed by atoms with Crippen molar-refractivity contribution >= 4 is 0 Å². The van der Waals surface area contributed by atoms with Gasteiger partial charge in [0.05, 0.1) is 0 Å². The molecule has 4 rings (SSSR count). The molecule has 3 unspecified atom stereocenters. The SMILES string of the molecule is Cc1c(C(c2ccc(O)c(C(C)(C)C)c2)C(C)(C)C)c(C)c(C(c2ccc(O)c(C(C)(C)C)c2)C(C)(C)C)c(C)c1C(c1ccc(O)c(C(C)(C)C)c1)C(C)(C)C. The van der Waals surface area contributed by atoms with Gasteiger partial charge >= 0.3 is 0 Å². The van der Waals surface area contributed by atoms with Gasteiger partial charge in [-0.1, -0.05) is 161 Å². The molecule has 0 saturated carbocycles. The fourth-order valence-electron chi connectivity index (χ4n) is 9.88. The highest BCUT2D eigenvalue weighted by molar-refractivity contribution is 5.62. The minimum Gasteiger partial charge on any atom is -0.508 e. The van der Waals surface area contributed by atoms with Crippen molar-refractivity contribution in [1.82, 2.24) is 0 Å². The summed E-state index contributed by atoms with van der Waals surface area (Å²) >= 11 is 0. The van der Waals surface area contributed by atoms with Gasteiger partial charge in [-0.3, -0.25) is 0 Å². The highest BCUT2D eigenvalue weighted by atomic mass is 16.3. The molecule has 0 fully saturated rings. The molecular formula is C54H78O3. The van der Waals surface area contributed by atoms with E-state index in [2.05, 4.69) is 182 Å². The normalized spacial score (nSPS) is 15.1. The first kappa shape index (κ1) is 46.0. The van der Waals surface area contributed by atoms with Crippen molar-refractivity contribution in [1.29, 1.82) is 0 Å². The van der Waals surface area contributed by atoms with Crippen LogP contribution in [0.2, 0.25) is 0 Å². The summed E-state index contributed by atoms with van der Waals surface area (Å²) in [6.07, 6.45) is 0. The maximum Gasteiger partial charge on any atom is 0.119 e. The number of aromatic hydroxyl groups is 3. The summed E-state index contributed by atoms with van der Waals surface area (Å²) in [5.41, 5.74) is 13.2. The van der Waals surface area contributed by atoms with Crippen molar-refractivity contribution in [3.05, 3.63) is 121 Å². The van der Waals surface area contributed by atoms with Gasteiger partial charge in [-0.05, 0) is 138 Å². The highest BCUT2D eigenvalue weighted by Crippen LogP contribution is 2.55. The molecule has 0 bridgehead atoms. The summed E-state index contributed by atoms with van der Waals surface area (Å²) in [7, 11) is 0. The summed E-state index contributed by atoms with van der Waals surface area (Å²) in [5.74, 6) is 1.03. The van der Waals surface area contributed by atoms with Crippen LogP contribution in [0.5, 0.6) is 17.2 Å². The summed E-state index contributed by atoms with van der Waals surface area (Å²) in [4.78, 5) is 0. The van der Waals surface area contributed by atoms with Gasteiger partial charge in [0.25, 0.3) is 0 Å². The minimum absolute atomic E-state index is 0.00782. The van der Waals surface area contributed by atoms with Crippen molar-refractivity contribution in [3.8, 4) is 17.2 Å². The second-order valence-corrected chi connectivity index (χ2v) is 23.6. The first-order valence-electron chi connectivity index (χ1n) is 21.2. The molecule has 0 radical (unpaired) electrons. The zero-order valence-corrected chi connectivity index (χ0v) is 39.8. The lowest BCUT2D eigenvalue weighted by Crippen LogP contribution is -2.30. The molecule has 3 N–H and O–H groups in total. The number of hydrogen-bond donors (Lipinski definition) is 3. The third-order valence-electron chi connectivity index (χ3n) is 12.4. The van der Waals surface area contributed by atoms with Crippen LogP contribution in [-0.2, 0) is 16.2 Å². The maximum absolute atomic E-state index is 11.2. The minimum atomic E-state index is -0.238. The summed E-state index contributed by atoms with van der Waals surface area (Å²) in [6.45, 7) is 47.8. The molecule has 0 spiro atoms. The van der Waals surface area contributed by atoms with E-state index in [9.17, 15) is 15.3 Å². The van der Waals surface area contributed by atoms with E-state index in [-0.39, 0.29) is 50.2 Å². The summed E-state index contributed by atoms with van der Waals surface area (Å²) in [6, 6.07) is 18.9. The third kappa shape index (κ3) is 9.29. The van der Waals surface area contributed by atoms with Gasteiger partial charge in [0, 0.05) is 17.8 Å². The lowest BCUT2D eigenvalue weighted by atomic mass is 9.61. The first-order chi connectivity index (χ1) is 25.6. The van der Waals surface area contributed by atoms with E-state index in [4.69, 9.17) is 0 Å². The van der Waals surface area contributed by atoms with Crippen LogP contribution in [0.25, 0.3) is 0 Å². The van der Waals surface area contributed by atoms with E-state index in [1.807, 2.05) is 18.2 Å². The van der Waals surface area contributed by atoms with Gasteiger partial charge < -0.3 is 15.3 Å². The average molecular weight is 775 g/mol. The molecule has 0 saturated heterocycles. The van der Waals surface area contributed by atoms with Gasteiger partial charge in [-0.15, -0.1) is 0 Å². The van der Waals surface area contributed by atoms with Crippen LogP contribution in [0.4, 0.5) is 0 Å². The first-order valence-corrected chi connectivity index (χ1v) is 21.2. The molecule has 3 heteroatoms. The lowest BCUT2D eigenvalue weighted by Gasteiger charge is -2.43. The van der Waals surface area contributed by atoms with E-state index in [1.54, 1.807) is 0 Å². The standard InChI is InChI=1S/C54H78O3/c1-31-43(46(52(13,14)15)34-22-25-40(55)37(28-34)49(4,5)6)32(2)45(48(54(19,20)21)36-24-27-42(57)39(30-36)51(10,11)12)33(3)44(31)47(53(16,17)18)35-23-26-41(56)38(29-35)50(7,8)9/h22-30,46-48,55-57H,1-21H3. The summed E-state index contributed by atoms with van der Waals surface area (Å²) < 4.78 is 0. The van der Waals surface area contributed by atoms with Crippen LogP contribution in [-0.4, -0.2) is 15.3 Å². The Kier molecular flexibility index (Phi) is 12.2. The van der Waals surface area contributed by atoms with Crippen LogP contribution < -0.4 is 0 Å². The Bertz CT molecular complexity index is 1840. The van der Waals surface area contributed by atoms with E-state index in [1.165, 1.54) is 50.1 Å². The molecule has 0 amide bonds. The van der Waals surface area contributed by atoms with Crippen LogP contribution in [0.3, 0.4) is 0 Å². The molecule has 3 atom stereocenters.